The van der Waals surface area contributed by atoms with Crippen molar-refractivity contribution in [2.75, 3.05) is 19.4 Å². The summed E-state index contributed by atoms with van der Waals surface area (Å²) >= 11 is 0. The molecule has 1 saturated carbocycles. The number of primary amides is 1. The number of benzene rings is 1. The Kier molecular flexibility index (Phi) is 7.20. The zero-order valence-corrected chi connectivity index (χ0v) is 22.2. The van der Waals surface area contributed by atoms with Gasteiger partial charge in [0, 0.05) is 11.5 Å². The molecule has 0 heterocycles. The molecule has 0 bridgehead atoms. The third kappa shape index (κ3) is 4.16. The van der Waals surface area contributed by atoms with E-state index in [4.69, 9.17) is 16.6 Å². The number of nitrogens with zero attached hydrogens (tertiary/aromatic N) is 1. The highest BCUT2D eigenvalue weighted by Gasteiger charge is 2.68. The summed E-state index contributed by atoms with van der Waals surface area (Å²) in [4.78, 5) is 63.8. The molecule has 4 rings (SSSR count). The van der Waals surface area contributed by atoms with E-state index >= 15 is 0 Å². The first-order valence-electron chi connectivity index (χ1n) is 12.4. The number of carbonyl (C=O) groups is 5. The molecule has 1 fully saturated rings. The smallest absolute Gasteiger partial charge is 0.305 e. The second kappa shape index (κ2) is 9.95. The topological polar surface area (TPSA) is 274 Å². The molecule has 7 atom stereocenters. The van der Waals surface area contributed by atoms with Crippen molar-refractivity contribution in [3.8, 4) is 5.75 Å². The van der Waals surface area contributed by atoms with Gasteiger partial charge in [0.05, 0.1) is 41.8 Å². The number of aliphatic hydroxyl groups is 4. The van der Waals surface area contributed by atoms with Gasteiger partial charge in [-0.05, 0) is 31.6 Å². The standard InChI is InChI=1S/C26H30N4O11/c1-7-8-4-5-10(29-25(40)9(27)6-11(31)32)18(33)13(8)19(34)14-12(7)20(35)16-17(30(2)3)21(36)15(24(28)39)23(38)26(16,41)22(14)37/h4-5,7,9,12,16-17,20,33-35,38,41H,6,27H2,1-3H3,(H2,28,39)(H,29,40)(H,31,32)/t7?,9-,12?,16?,17-,20?,26-/m0/s1. The lowest BCUT2D eigenvalue weighted by Crippen LogP contribution is -2.70. The predicted octanol–water partition coefficient (Wildman–Crippen LogP) is -1.76. The second-order valence-electron chi connectivity index (χ2n) is 10.7. The van der Waals surface area contributed by atoms with Crippen LogP contribution in [0, 0.1) is 11.8 Å². The van der Waals surface area contributed by atoms with Crippen LogP contribution in [0.2, 0.25) is 0 Å². The van der Waals surface area contributed by atoms with E-state index < -0.39 is 106 Å². The number of Topliss-reactive ketones (excluding diaryl/α,β-unsaturated/α-hetero) is 2. The molecule has 11 N–H and O–H groups in total. The number of anilines is 1. The number of carboxylic acids is 1. The Morgan fingerprint density at radius 3 is 2.29 bits per heavy atom. The van der Waals surface area contributed by atoms with Crippen LogP contribution < -0.4 is 16.8 Å². The molecular formula is C26H30N4O11. The van der Waals surface area contributed by atoms with E-state index in [2.05, 4.69) is 5.32 Å². The van der Waals surface area contributed by atoms with Crippen LogP contribution in [0.1, 0.15) is 30.4 Å². The summed E-state index contributed by atoms with van der Waals surface area (Å²) < 4.78 is 0. The van der Waals surface area contributed by atoms with Crippen molar-refractivity contribution in [3.05, 3.63) is 40.2 Å². The number of aliphatic carboxylic acids is 1. The molecular weight excluding hydrogens is 544 g/mol. The Bertz CT molecular complexity index is 1470. The van der Waals surface area contributed by atoms with Crippen LogP contribution in [-0.4, -0.2) is 103 Å². The molecule has 3 aliphatic carbocycles. The Morgan fingerprint density at radius 1 is 1.15 bits per heavy atom. The number of phenolic OH excluding ortho intramolecular Hbond substituents is 1. The van der Waals surface area contributed by atoms with E-state index in [1.165, 1.54) is 31.1 Å². The van der Waals surface area contributed by atoms with E-state index in [9.17, 15) is 49.5 Å². The van der Waals surface area contributed by atoms with Crippen LogP contribution in [0.3, 0.4) is 0 Å². The average Bonchev–Trinajstić information content (AvgIpc) is 2.86. The summed E-state index contributed by atoms with van der Waals surface area (Å²) in [7, 11) is 2.81. The van der Waals surface area contributed by atoms with E-state index in [1.54, 1.807) is 6.92 Å². The normalized spacial score (nSPS) is 30.0. The first-order valence-corrected chi connectivity index (χ1v) is 12.4. The van der Waals surface area contributed by atoms with Crippen LogP contribution in [0.25, 0.3) is 5.76 Å². The lowest BCUT2D eigenvalue weighted by molar-refractivity contribution is -0.169. The maximum atomic E-state index is 14.0. The highest BCUT2D eigenvalue weighted by atomic mass is 16.4. The van der Waals surface area contributed by atoms with Crippen LogP contribution >= 0.6 is 0 Å². The monoisotopic (exact) mass is 574 g/mol. The fraction of sp³-hybridized carbons (Fsp3) is 0.423. The molecule has 0 aromatic heterocycles. The first kappa shape index (κ1) is 29.7. The molecule has 0 spiro atoms. The number of ketones is 2. The maximum absolute atomic E-state index is 14.0. The molecule has 2 amide bonds. The van der Waals surface area contributed by atoms with Crippen LogP contribution in [0.15, 0.2) is 29.0 Å². The molecule has 15 nitrogen and oxygen atoms in total. The molecule has 220 valence electrons. The number of likely N-dealkylation sites (N-methyl/N-ethyl adjacent to an activating group) is 1. The van der Waals surface area contributed by atoms with Gasteiger partial charge in [-0.15, -0.1) is 0 Å². The predicted molar refractivity (Wildman–Crippen MR) is 139 cm³/mol. The largest absolute Gasteiger partial charge is 0.508 e. The lowest BCUT2D eigenvalue weighted by atomic mass is 9.54. The van der Waals surface area contributed by atoms with Crippen LogP contribution in [-0.2, 0) is 24.0 Å². The van der Waals surface area contributed by atoms with Gasteiger partial charge in [0.2, 0.25) is 11.7 Å². The van der Waals surface area contributed by atoms with Crippen molar-refractivity contribution < 1.29 is 54.6 Å². The fourth-order valence-corrected chi connectivity index (χ4v) is 6.22. The minimum absolute atomic E-state index is 0.222. The summed E-state index contributed by atoms with van der Waals surface area (Å²) in [5.74, 6) is -12.8. The highest BCUT2D eigenvalue weighted by Crippen LogP contribution is 2.56. The summed E-state index contributed by atoms with van der Waals surface area (Å²) in [5, 5.41) is 67.6. The molecule has 4 unspecified atom stereocenters. The Labute approximate surface area is 232 Å². The van der Waals surface area contributed by atoms with Gasteiger partial charge in [0.1, 0.15) is 22.8 Å². The van der Waals surface area contributed by atoms with Gasteiger partial charge in [0.15, 0.2) is 11.4 Å². The van der Waals surface area contributed by atoms with Crippen molar-refractivity contribution in [2.24, 2.45) is 23.3 Å². The average molecular weight is 575 g/mol. The number of nitrogens with one attached hydrogen (secondary N) is 1. The third-order valence-corrected chi connectivity index (χ3v) is 8.12. The molecule has 0 radical (unpaired) electrons. The fourth-order valence-electron chi connectivity index (χ4n) is 6.22. The van der Waals surface area contributed by atoms with Gasteiger partial charge in [-0.1, -0.05) is 13.0 Å². The summed E-state index contributed by atoms with van der Waals surface area (Å²) in [6.07, 6.45) is -2.46. The molecule has 41 heavy (non-hydrogen) atoms. The van der Waals surface area contributed by atoms with Crippen molar-refractivity contribution in [3.63, 3.8) is 0 Å². The number of fused-ring (bicyclic) bond motifs is 3. The number of carbonyl (C=O) groups excluding carboxylic acids is 4. The summed E-state index contributed by atoms with van der Waals surface area (Å²) in [6, 6.07) is -0.314. The Hall–Kier alpha value is -4.31. The highest BCUT2D eigenvalue weighted by molar-refractivity contribution is 6.24. The summed E-state index contributed by atoms with van der Waals surface area (Å²) in [5.41, 5.74) is 5.76. The van der Waals surface area contributed by atoms with Gasteiger partial charge in [-0.2, -0.15) is 0 Å². The van der Waals surface area contributed by atoms with E-state index in [0.717, 1.165) is 0 Å². The van der Waals surface area contributed by atoms with E-state index in [0.29, 0.717) is 0 Å². The minimum atomic E-state index is -3.06. The quantitative estimate of drug-likeness (QED) is 0.135. The Morgan fingerprint density at radius 2 is 1.76 bits per heavy atom. The van der Waals surface area contributed by atoms with Gasteiger partial charge < -0.3 is 47.4 Å². The number of hydrogen-bond acceptors (Lipinski definition) is 12. The van der Waals surface area contributed by atoms with Crippen molar-refractivity contribution >= 4 is 40.8 Å². The van der Waals surface area contributed by atoms with Crippen molar-refractivity contribution in [1.29, 1.82) is 0 Å². The second-order valence-corrected chi connectivity index (χ2v) is 10.7. The number of nitrogens with two attached hydrogens (primary N) is 2. The maximum Gasteiger partial charge on any atom is 0.305 e. The SMILES string of the molecule is CC1c2ccc(NC(=O)[C@@H](N)CC(=O)O)c(O)c2C(O)=C2C(=O)[C@]3(O)C(O)=C(C(N)=O)C(=O)[C@@H](N(C)C)C3C(O)C21. The van der Waals surface area contributed by atoms with Gasteiger partial charge in [-0.3, -0.25) is 28.9 Å². The van der Waals surface area contributed by atoms with Gasteiger partial charge >= 0.3 is 5.97 Å². The molecule has 1 aromatic rings. The van der Waals surface area contributed by atoms with Gasteiger partial charge in [0.25, 0.3) is 5.91 Å². The van der Waals surface area contributed by atoms with Crippen molar-refractivity contribution in [2.45, 2.75) is 43.1 Å². The number of carboxylic acid groups (broad SMARTS) is 1. The number of phenols is 1. The molecule has 1 aromatic carbocycles. The van der Waals surface area contributed by atoms with Crippen LogP contribution in [0.4, 0.5) is 5.69 Å². The van der Waals surface area contributed by atoms with Crippen LogP contribution in [0.5, 0.6) is 5.75 Å². The van der Waals surface area contributed by atoms with E-state index in [1.807, 2.05) is 0 Å². The number of amides is 2. The van der Waals surface area contributed by atoms with Gasteiger partial charge in [-0.25, -0.2) is 0 Å². The zero-order chi connectivity index (χ0) is 30.9. The van der Waals surface area contributed by atoms with Crippen molar-refractivity contribution in [1.82, 2.24) is 4.90 Å². The molecule has 0 saturated heterocycles. The third-order valence-electron chi connectivity index (χ3n) is 8.12. The molecule has 0 aliphatic heterocycles. The lowest BCUT2D eigenvalue weighted by Gasteiger charge is -2.53. The summed E-state index contributed by atoms with van der Waals surface area (Å²) in [6.45, 7) is 1.55. The molecule has 15 heteroatoms. The number of hydrogen-bond donors (Lipinski definition) is 9. The zero-order valence-electron chi connectivity index (χ0n) is 22.2. The molecule has 3 aliphatic rings. The minimum Gasteiger partial charge on any atom is -0.508 e. The van der Waals surface area contributed by atoms with E-state index in [-0.39, 0.29) is 16.8 Å². The first-order chi connectivity index (χ1) is 19.0. The number of aliphatic hydroxyl groups excluding tert-OH is 3. The Balaban J connectivity index is 1.91. The number of rotatable bonds is 6. The number of aromatic hydroxyl groups is 1.